The van der Waals surface area contributed by atoms with Crippen molar-refractivity contribution >= 4 is 5.96 Å². The molecule has 0 fully saturated rings. The summed E-state index contributed by atoms with van der Waals surface area (Å²) >= 11 is 0. The molecule has 9 nitrogen and oxygen atoms in total. The number of aryl methyl sites for hydroxylation is 1. The lowest BCUT2D eigenvalue weighted by atomic mass is 10.1. The summed E-state index contributed by atoms with van der Waals surface area (Å²) in [4.78, 5) is 11.5. The van der Waals surface area contributed by atoms with Crippen LogP contribution in [0.2, 0.25) is 0 Å². The van der Waals surface area contributed by atoms with Crippen molar-refractivity contribution in [3.05, 3.63) is 11.6 Å². The Morgan fingerprint density at radius 3 is 2.89 bits per heavy atom. The average molecular weight is 396 g/mol. The molecule has 2 unspecified atom stereocenters. The second-order valence-electron chi connectivity index (χ2n) is 7.33. The number of nitrogens with zero attached hydrogens (tertiary/aromatic N) is 5. The van der Waals surface area contributed by atoms with E-state index >= 15 is 0 Å². The molecule has 0 radical (unpaired) electrons. The van der Waals surface area contributed by atoms with Crippen LogP contribution < -0.4 is 10.6 Å². The molecule has 9 heteroatoms. The summed E-state index contributed by atoms with van der Waals surface area (Å²) in [6, 6.07) is 0.273. The molecule has 1 aliphatic heterocycles. The lowest BCUT2D eigenvalue weighted by Crippen LogP contribution is -2.47. The Bertz CT molecular complexity index is 603. The fraction of sp³-hybridized carbons (Fsp3) is 0.842. The molecule has 160 valence electrons. The van der Waals surface area contributed by atoms with Gasteiger partial charge in [-0.1, -0.05) is 0 Å². The van der Waals surface area contributed by atoms with Gasteiger partial charge in [-0.2, -0.15) is 5.10 Å². The fourth-order valence-electron chi connectivity index (χ4n) is 3.24. The lowest BCUT2D eigenvalue weighted by molar-refractivity contribution is 0.0582. The van der Waals surface area contributed by atoms with E-state index in [0.29, 0.717) is 19.8 Å². The number of fused-ring (bicyclic) bond motifs is 1. The molecule has 1 aromatic rings. The Hall–Kier alpha value is -1.71. The predicted molar refractivity (Wildman–Crippen MR) is 111 cm³/mol. The number of nitrogens with one attached hydrogen (secondary N) is 2. The van der Waals surface area contributed by atoms with Crippen LogP contribution >= 0.6 is 0 Å². The van der Waals surface area contributed by atoms with Crippen LogP contribution in [0.25, 0.3) is 0 Å². The summed E-state index contributed by atoms with van der Waals surface area (Å²) in [5.41, 5.74) is 0. The third kappa shape index (κ3) is 7.37. The van der Waals surface area contributed by atoms with Gasteiger partial charge < -0.3 is 25.0 Å². The van der Waals surface area contributed by atoms with E-state index in [1.165, 1.54) is 0 Å². The normalized spacial score (nSPS) is 18.2. The molecular formula is C19H37N7O2. The van der Waals surface area contributed by atoms with E-state index in [1.807, 2.05) is 11.6 Å². The summed E-state index contributed by atoms with van der Waals surface area (Å²) in [7, 11) is 5.83. The molecule has 1 aliphatic rings. The minimum atomic E-state index is 0.132. The van der Waals surface area contributed by atoms with Crippen molar-refractivity contribution in [2.75, 3.05) is 47.4 Å². The number of ether oxygens (including phenoxy) is 2. The molecule has 1 aromatic heterocycles. The van der Waals surface area contributed by atoms with Crippen LogP contribution in [0.3, 0.4) is 0 Å². The molecule has 2 N–H and O–H groups in total. The van der Waals surface area contributed by atoms with Crippen LogP contribution in [0.15, 0.2) is 4.99 Å². The Labute approximate surface area is 168 Å². The summed E-state index contributed by atoms with van der Waals surface area (Å²) in [6.45, 7) is 8.52. The second kappa shape index (κ2) is 12.0. The van der Waals surface area contributed by atoms with Gasteiger partial charge in [-0.3, -0.25) is 4.99 Å². The summed E-state index contributed by atoms with van der Waals surface area (Å²) in [6.07, 6.45) is 3.01. The van der Waals surface area contributed by atoms with Crippen LogP contribution in [-0.4, -0.2) is 85.2 Å². The van der Waals surface area contributed by atoms with Crippen LogP contribution in [-0.2, 0) is 29.0 Å². The monoisotopic (exact) mass is 395 g/mol. The SMILES string of the molecule is CCNC(=NCC(CCN(C)C)OCC)NC1CCc2nc(COC)nn2C1. The van der Waals surface area contributed by atoms with Crippen molar-refractivity contribution in [3.8, 4) is 0 Å². The summed E-state index contributed by atoms with van der Waals surface area (Å²) in [5, 5.41) is 11.4. The zero-order chi connectivity index (χ0) is 20.4. The smallest absolute Gasteiger partial charge is 0.191 e. The zero-order valence-corrected chi connectivity index (χ0v) is 18.1. The van der Waals surface area contributed by atoms with Gasteiger partial charge in [0.15, 0.2) is 11.8 Å². The number of rotatable bonds is 11. The number of hydrogen-bond donors (Lipinski definition) is 2. The highest BCUT2D eigenvalue weighted by Crippen LogP contribution is 2.13. The highest BCUT2D eigenvalue weighted by Gasteiger charge is 2.22. The maximum Gasteiger partial charge on any atom is 0.191 e. The number of aliphatic imine (C=N–C) groups is 1. The Kier molecular flexibility index (Phi) is 9.66. The predicted octanol–water partition coefficient (Wildman–Crippen LogP) is 0.651. The van der Waals surface area contributed by atoms with Gasteiger partial charge >= 0.3 is 0 Å². The van der Waals surface area contributed by atoms with Crippen LogP contribution in [0.4, 0.5) is 0 Å². The number of guanidine groups is 1. The standard InChI is InChI=1S/C19H37N7O2/c1-6-20-19(21-12-16(28-7-2)10-11-25(3)4)22-15-8-9-18-23-17(14-27-5)24-26(18)13-15/h15-16H,6-14H2,1-5H3,(H2,20,21,22). The Morgan fingerprint density at radius 2 is 2.21 bits per heavy atom. The second-order valence-corrected chi connectivity index (χ2v) is 7.33. The highest BCUT2D eigenvalue weighted by molar-refractivity contribution is 5.80. The third-order valence-corrected chi connectivity index (χ3v) is 4.61. The Balaban J connectivity index is 1.94. The quantitative estimate of drug-likeness (QED) is 0.420. The van der Waals surface area contributed by atoms with E-state index in [0.717, 1.165) is 56.5 Å². The molecule has 2 heterocycles. The molecule has 28 heavy (non-hydrogen) atoms. The fourth-order valence-corrected chi connectivity index (χ4v) is 3.24. The van der Waals surface area contributed by atoms with Gasteiger partial charge in [-0.25, -0.2) is 9.67 Å². The molecule has 0 spiro atoms. The molecule has 2 rings (SSSR count). The van der Waals surface area contributed by atoms with Crippen LogP contribution in [0.1, 0.15) is 38.3 Å². The van der Waals surface area contributed by atoms with E-state index in [-0.39, 0.29) is 12.1 Å². The van der Waals surface area contributed by atoms with Crippen molar-refractivity contribution in [2.45, 2.75) is 58.4 Å². The third-order valence-electron chi connectivity index (χ3n) is 4.61. The maximum atomic E-state index is 5.86. The molecular weight excluding hydrogens is 358 g/mol. The minimum absolute atomic E-state index is 0.132. The molecule has 0 amide bonds. The van der Waals surface area contributed by atoms with E-state index in [1.54, 1.807) is 7.11 Å². The van der Waals surface area contributed by atoms with Gasteiger partial charge in [0.1, 0.15) is 12.4 Å². The number of aromatic nitrogens is 3. The van der Waals surface area contributed by atoms with Crippen molar-refractivity contribution in [1.82, 2.24) is 30.3 Å². The topological polar surface area (TPSA) is 88.8 Å². The van der Waals surface area contributed by atoms with Gasteiger partial charge in [-0.15, -0.1) is 0 Å². The van der Waals surface area contributed by atoms with Gasteiger partial charge in [0, 0.05) is 39.3 Å². The minimum Gasteiger partial charge on any atom is -0.377 e. The van der Waals surface area contributed by atoms with E-state index < -0.39 is 0 Å². The van der Waals surface area contributed by atoms with Gasteiger partial charge in [0.2, 0.25) is 0 Å². The van der Waals surface area contributed by atoms with Crippen LogP contribution in [0, 0.1) is 0 Å². The average Bonchev–Trinajstić information content (AvgIpc) is 3.06. The van der Waals surface area contributed by atoms with Crippen molar-refractivity contribution in [3.63, 3.8) is 0 Å². The molecule has 0 aromatic carbocycles. The first kappa shape index (κ1) is 22.6. The first-order chi connectivity index (χ1) is 13.5. The number of methoxy groups -OCH3 is 1. The van der Waals surface area contributed by atoms with E-state index in [4.69, 9.17) is 14.5 Å². The van der Waals surface area contributed by atoms with Crippen molar-refractivity contribution in [2.24, 2.45) is 4.99 Å². The zero-order valence-electron chi connectivity index (χ0n) is 18.1. The molecule has 0 aliphatic carbocycles. The molecule has 2 atom stereocenters. The van der Waals surface area contributed by atoms with Crippen molar-refractivity contribution in [1.29, 1.82) is 0 Å². The lowest BCUT2D eigenvalue weighted by Gasteiger charge is -2.26. The largest absolute Gasteiger partial charge is 0.377 e. The first-order valence-corrected chi connectivity index (χ1v) is 10.3. The van der Waals surface area contributed by atoms with E-state index in [2.05, 4.69) is 46.6 Å². The van der Waals surface area contributed by atoms with Gasteiger partial charge in [0.25, 0.3) is 0 Å². The molecule has 0 saturated carbocycles. The first-order valence-electron chi connectivity index (χ1n) is 10.3. The maximum absolute atomic E-state index is 5.86. The Morgan fingerprint density at radius 1 is 1.39 bits per heavy atom. The highest BCUT2D eigenvalue weighted by atomic mass is 16.5. The molecule has 0 saturated heterocycles. The number of hydrogen-bond acceptors (Lipinski definition) is 6. The van der Waals surface area contributed by atoms with Gasteiger partial charge in [-0.05, 0) is 40.8 Å². The van der Waals surface area contributed by atoms with Gasteiger partial charge in [0.05, 0.1) is 19.2 Å². The molecule has 0 bridgehead atoms. The van der Waals surface area contributed by atoms with Crippen LogP contribution in [0.5, 0.6) is 0 Å². The summed E-state index contributed by atoms with van der Waals surface area (Å²) < 4.78 is 13.0. The van der Waals surface area contributed by atoms with E-state index in [9.17, 15) is 0 Å². The summed E-state index contributed by atoms with van der Waals surface area (Å²) in [5.74, 6) is 2.62. The van der Waals surface area contributed by atoms with Crippen molar-refractivity contribution < 1.29 is 9.47 Å².